The lowest BCUT2D eigenvalue weighted by Gasteiger charge is -2.24. The maximum atomic E-state index is 14.0. The third-order valence-electron chi connectivity index (χ3n) is 10.6. The van der Waals surface area contributed by atoms with Crippen molar-refractivity contribution in [3.05, 3.63) is 139 Å². The standard InChI is InChI=1S/C31H37N3O5.C22H24BrN3O3.C9H14O2/c1-8-23(33-29(37)39-31(5,6)7)27-32-24-19-14-16-21(15-12-13-20-25(35)38-30(2,3)4)26(24)28(36)34(27)22-17-10-9-11-18-22;1-5-16(25-21(28)29-22(2,3)4)19-24-17-13-9-12-15(23)18(17)20(27)26(19)14-10-7-6-8-11-14;1-5-6-7-8(10)11-9(2,3)4/h9-11,14,16-19,23H,8,13,20H2,1-7H3,(H,33,37);6-13,16H,5H2,1-4H3,(H,25,28);1H,6-7H2,2-4H3/t23-;16-;/m00./s1. The van der Waals surface area contributed by atoms with E-state index in [1.165, 1.54) is 4.57 Å². The predicted molar refractivity (Wildman–Crippen MR) is 313 cm³/mol. The highest BCUT2D eigenvalue weighted by atomic mass is 79.9. The van der Waals surface area contributed by atoms with Crippen molar-refractivity contribution < 1.29 is 38.1 Å². The van der Waals surface area contributed by atoms with Crippen LogP contribution in [0.15, 0.2) is 111 Å². The highest BCUT2D eigenvalue weighted by Gasteiger charge is 2.27. The van der Waals surface area contributed by atoms with Gasteiger partial charge in [-0.2, -0.15) is 0 Å². The Morgan fingerprint density at radius 3 is 1.35 bits per heavy atom. The summed E-state index contributed by atoms with van der Waals surface area (Å²) in [6, 6.07) is 28.1. The van der Waals surface area contributed by atoms with Crippen molar-refractivity contribution in [3.63, 3.8) is 0 Å². The number of nitrogens with one attached hydrogen (secondary N) is 2. The Labute approximate surface area is 472 Å². The minimum Gasteiger partial charge on any atom is -0.460 e. The molecule has 6 aromatic rings. The molecule has 2 aromatic heterocycles. The molecule has 79 heavy (non-hydrogen) atoms. The van der Waals surface area contributed by atoms with Gasteiger partial charge in [0.15, 0.2) is 0 Å². The fourth-order valence-corrected chi connectivity index (χ4v) is 8.08. The monoisotopic (exact) mass is 1140 g/mol. The van der Waals surface area contributed by atoms with E-state index in [-0.39, 0.29) is 29.5 Å². The van der Waals surface area contributed by atoms with Crippen molar-refractivity contribution >= 4 is 61.9 Å². The number of hydrogen-bond acceptors (Lipinski definition) is 12. The molecule has 2 heterocycles. The number of esters is 2. The summed E-state index contributed by atoms with van der Waals surface area (Å²) < 4.78 is 24.9. The van der Waals surface area contributed by atoms with Gasteiger partial charge in [-0.1, -0.05) is 74.2 Å². The Kier molecular flexibility index (Phi) is 22.8. The number of rotatable bonds is 12. The number of aromatic nitrogens is 4. The number of terminal acetylenes is 1. The second-order valence-corrected chi connectivity index (χ2v) is 23.0. The van der Waals surface area contributed by atoms with E-state index < -0.39 is 46.7 Å². The molecule has 0 radical (unpaired) electrons. The van der Waals surface area contributed by atoms with E-state index in [9.17, 15) is 28.8 Å². The molecule has 0 aliphatic carbocycles. The number of nitrogens with zero attached hydrogens (tertiary/aromatic N) is 4. The molecule has 0 aliphatic rings. The smallest absolute Gasteiger partial charge is 0.408 e. The highest BCUT2D eigenvalue weighted by molar-refractivity contribution is 9.10. The van der Waals surface area contributed by atoms with Gasteiger partial charge in [0.2, 0.25) is 0 Å². The van der Waals surface area contributed by atoms with Crippen molar-refractivity contribution in [1.29, 1.82) is 0 Å². The number of para-hydroxylation sites is 2. The van der Waals surface area contributed by atoms with E-state index in [1.54, 1.807) is 70.4 Å². The van der Waals surface area contributed by atoms with E-state index >= 15 is 0 Å². The number of hydrogen-bond donors (Lipinski definition) is 2. The first-order valence-electron chi connectivity index (χ1n) is 26.2. The molecule has 6 rings (SSSR count). The minimum absolute atomic E-state index is 0.153. The fourth-order valence-electron chi connectivity index (χ4n) is 7.56. The fraction of sp³-hybridized carbons (Fsp3) is 0.419. The van der Waals surface area contributed by atoms with Crippen LogP contribution in [0.5, 0.6) is 0 Å². The van der Waals surface area contributed by atoms with Crippen LogP contribution in [0.2, 0.25) is 0 Å². The average molecular weight is 1140 g/mol. The Bertz CT molecular complexity index is 3310. The summed E-state index contributed by atoms with van der Waals surface area (Å²) in [6.07, 6.45) is 6.08. The molecule has 420 valence electrons. The van der Waals surface area contributed by atoms with Crippen molar-refractivity contribution in [2.24, 2.45) is 0 Å². The molecular weight excluding hydrogens is 1070 g/mol. The SMILES string of the molecule is C#CCCC(=O)OC(C)(C)C.CC[C@H](NC(=O)OC(C)(C)C)c1nc2cccc(Br)c2c(=O)n1-c1ccccc1.CC[C@H](NC(=O)OC(C)(C)C)c1nc2cccc(C#CCCC(=O)OC(C)(C)C)c2c(=O)n1-c1ccccc1. The molecule has 0 fully saturated rings. The molecule has 2 N–H and O–H groups in total. The van der Waals surface area contributed by atoms with Gasteiger partial charge >= 0.3 is 24.1 Å². The number of alkyl carbamates (subject to hydrolysis) is 2. The quantitative estimate of drug-likeness (QED) is 0.0669. The first-order chi connectivity index (χ1) is 36.9. The van der Waals surface area contributed by atoms with E-state index in [2.05, 4.69) is 44.3 Å². The lowest BCUT2D eigenvalue weighted by atomic mass is 10.1. The van der Waals surface area contributed by atoms with Crippen LogP contribution in [0, 0.1) is 24.2 Å². The van der Waals surface area contributed by atoms with Crippen molar-refractivity contribution in [2.75, 3.05) is 0 Å². The number of halogens is 1. The zero-order valence-corrected chi connectivity index (χ0v) is 49.5. The Morgan fingerprint density at radius 2 is 0.949 bits per heavy atom. The van der Waals surface area contributed by atoms with Gasteiger partial charge in [-0.15, -0.1) is 12.3 Å². The van der Waals surface area contributed by atoms with Crippen LogP contribution in [-0.4, -0.2) is 65.6 Å². The maximum absolute atomic E-state index is 14.0. The number of carbonyl (C=O) groups excluding carboxylic acids is 4. The molecule has 2 amide bonds. The normalized spacial score (nSPS) is 12.1. The molecule has 0 saturated heterocycles. The molecule has 0 bridgehead atoms. The summed E-state index contributed by atoms with van der Waals surface area (Å²) in [4.78, 5) is 85.0. The van der Waals surface area contributed by atoms with Crippen molar-refractivity contribution in [3.8, 4) is 35.6 Å². The molecule has 0 spiro atoms. The van der Waals surface area contributed by atoms with Crippen molar-refractivity contribution in [2.45, 2.75) is 170 Å². The second kappa shape index (κ2) is 28.2. The van der Waals surface area contributed by atoms with Crippen LogP contribution < -0.4 is 21.8 Å². The van der Waals surface area contributed by atoms with Gasteiger partial charge in [-0.25, -0.2) is 19.6 Å². The number of amides is 2. The summed E-state index contributed by atoms with van der Waals surface area (Å²) in [5.41, 5.74) is 0.0901. The summed E-state index contributed by atoms with van der Waals surface area (Å²) in [5.74, 6) is 8.72. The first-order valence-corrected chi connectivity index (χ1v) is 27.0. The topological polar surface area (TPSA) is 199 Å². The molecule has 17 heteroatoms. The lowest BCUT2D eigenvalue weighted by Crippen LogP contribution is -2.37. The van der Waals surface area contributed by atoms with E-state index in [1.807, 2.05) is 128 Å². The number of benzene rings is 4. The van der Waals surface area contributed by atoms with Gasteiger partial charge in [0.1, 0.15) is 34.1 Å². The van der Waals surface area contributed by atoms with Gasteiger partial charge in [0.25, 0.3) is 11.1 Å². The number of ether oxygens (including phenoxy) is 4. The van der Waals surface area contributed by atoms with Crippen LogP contribution >= 0.6 is 15.9 Å². The van der Waals surface area contributed by atoms with Crippen LogP contribution in [0.25, 0.3) is 33.2 Å². The third kappa shape index (κ3) is 20.2. The summed E-state index contributed by atoms with van der Waals surface area (Å²) >= 11 is 3.46. The minimum atomic E-state index is -0.671. The molecule has 0 unspecified atom stereocenters. The van der Waals surface area contributed by atoms with Gasteiger partial charge in [-0.3, -0.25) is 28.3 Å². The number of fused-ring (bicyclic) bond motifs is 2. The second-order valence-electron chi connectivity index (χ2n) is 22.1. The third-order valence-corrected chi connectivity index (χ3v) is 11.3. The summed E-state index contributed by atoms with van der Waals surface area (Å²) in [5, 5.41) is 6.59. The zero-order chi connectivity index (χ0) is 58.9. The Balaban J connectivity index is 0.000000294. The molecule has 0 saturated carbocycles. The Morgan fingerprint density at radius 1 is 0.557 bits per heavy atom. The molecule has 0 aliphatic heterocycles. The molecule has 4 aromatic carbocycles. The van der Waals surface area contributed by atoms with Gasteiger partial charge in [-0.05, 0) is 160 Å². The highest BCUT2D eigenvalue weighted by Crippen LogP contribution is 2.26. The van der Waals surface area contributed by atoms with Crippen LogP contribution in [-0.2, 0) is 28.5 Å². The largest absolute Gasteiger partial charge is 0.460 e. The molecule has 2 atom stereocenters. The summed E-state index contributed by atoms with van der Waals surface area (Å²) in [6.45, 7) is 25.6. The van der Waals surface area contributed by atoms with E-state index in [4.69, 9.17) is 35.3 Å². The van der Waals surface area contributed by atoms with Gasteiger partial charge in [0, 0.05) is 22.9 Å². The Hall–Kier alpha value is -7.76. The van der Waals surface area contributed by atoms with Gasteiger partial charge < -0.3 is 29.6 Å². The molecule has 16 nitrogen and oxygen atoms in total. The first kappa shape index (κ1) is 63.8. The zero-order valence-electron chi connectivity index (χ0n) is 48.0. The van der Waals surface area contributed by atoms with Crippen LogP contribution in [0.4, 0.5) is 9.59 Å². The predicted octanol–water partition coefficient (Wildman–Crippen LogP) is 12.7. The van der Waals surface area contributed by atoms with Crippen LogP contribution in [0.3, 0.4) is 0 Å². The van der Waals surface area contributed by atoms with E-state index in [0.717, 1.165) is 0 Å². The maximum Gasteiger partial charge on any atom is 0.408 e. The van der Waals surface area contributed by atoms with E-state index in [0.29, 0.717) is 87.0 Å². The van der Waals surface area contributed by atoms with Crippen LogP contribution in [0.1, 0.15) is 165 Å². The summed E-state index contributed by atoms with van der Waals surface area (Å²) in [7, 11) is 0. The average Bonchev–Trinajstić information content (AvgIpc) is 3.48. The van der Waals surface area contributed by atoms with Crippen molar-refractivity contribution in [1.82, 2.24) is 29.7 Å². The number of carbonyl (C=O) groups is 4. The lowest BCUT2D eigenvalue weighted by molar-refractivity contribution is -0.155. The molecular formula is C62H75BrN6O10. The van der Waals surface area contributed by atoms with Gasteiger partial charge in [0.05, 0.1) is 58.1 Å².